The summed E-state index contributed by atoms with van der Waals surface area (Å²) < 4.78 is 10.4. The number of hydrogen-bond acceptors (Lipinski definition) is 4. The standard InChI is InChI=1S/C16H19ClN2O3/c1-4-21-15-7-5-12(9-14(15)17)18-16(20)8-6-13-10(2)19-22-11(13)3/h5,7,9H,4,6,8H2,1-3H3,(H,18,20). The number of rotatable bonds is 6. The van der Waals surface area contributed by atoms with E-state index in [1.807, 2.05) is 20.8 Å². The normalized spacial score (nSPS) is 10.5. The molecule has 5 nitrogen and oxygen atoms in total. The number of hydrogen-bond donors (Lipinski definition) is 1. The Balaban J connectivity index is 1.93. The van der Waals surface area contributed by atoms with Crippen molar-refractivity contribution in [3.8, 4) is 5.75 Å². The molecule has 0 aliphatic rings. The van der Waals surface area contributed by atoms with Crippen LogP contribution in [0.5, 0.6) is 5.75 Å². The summed E-state index contributed by atoms with van der Waals surface area (Å²) in [6, 6.07) is 5.20. The first kappa shape index (κ1) is 16.4. The third kappa shape index (κ3) is 4.01. The molecule has 2 rings (SSSR count). The van der Waals surface area contributed by atoms with Gasteiger partial charge in [-0.25, -0.2) is 0 Å². The van der Waals surface area contributed by atoms with Crippen molar-refractivity contribution < 1.29 is 14.1 Å². The van der Waals surface area contributed by atoms with E-state index in [1.165, 1.54) is 0 Å². The number of nitrogens with zero attached hydrogens (tertiary/aromatic N) is 1. The second kappa shape index (κ2) is 7.31. The number of ether oxygens (including phenoxy) is 1. The number of amides is 1. The van der Waals surface area contributed by atoms with Gasteiger partial charge in [-0.1, -0.05) is 16.8 Å². The molecule has 2 aromatic rings. The van der Waals surface area contributed by atoms with Gasteiger partial charge in [-0.2, -0.15) is 0 Å². The average molecular weight is 323 g/mol. The van der Waals surface area contributed by atoms with Gasteiger partial charge < -0.3 is 14.6 Å². The Kier molecular flexibility index (Phi) is 5.44. The minimum atomic E-state index is -0.0831. The summed E-state index contributed by atoms with van der Waals surface area (Å²) in [5.41, 5.74) is 2.46. The summed E-state index contributed by atoms with van der Waals surface area (Å²) >= 11 is 6.09. The average Bonchev–Trinajstić information content (AvgIpc) is 2.79. The lowest BCUT2D eigenvalue weighted by molar-refractivity contribution is -0.116. The lowest BCUT2D eigenvalue weighted by Gasteiger charge is -2.09. The molecular weight excluding hydrogens is 304 g/mol. The second-order valence-electron chi connectivity index (χ2n) is 4.93. The highest BCUT2D eigenvalue weighted by Gasteiger charge is 2.12. The third-order valence-electron chi connectivity index (χ3n) is 3.30. The zero-order chi connectivity index (χ0) is 16.1. The zero-order valence-electron chi connectivity index (χ0n) is 12.9. The Labute approximate surface area is 134 Å². The maximum Gasteiger partial charge on any atom is 0.224 e. The van der Waals surface area contributed by atoms with Crippen LogP contribution in [-0.2, 0) is 11.2 Å². The number of carbonyl (C=O) groups is 1. The quantitative estimate of drug-likeness (QED) is 0.875. The first-order chi connectivity index (χ1) is 10.5. The van der Waals surface area contributed by atoms with Crippen LogP contribution in [0.1, 0.15) is 30.4 Å². The Morgan fingerprint density at radius 3 is 2.77 bits per heavy atom. The number of carbonyl (C=O) groups excluding carboxylic acids is 1. The molecule has 1 heterocycles. The van der Waals surface area contributed by atoms with E-state index in [-0.39, 0.29) is 5.91 Å². The Morgan fingerprint density at radius 1 is 1.41 bits per heavy atom. The summed E-state index contributed by atoms with van der Waals surface area (Å²) in [7, 11) is 0. The van der Waals surface area contributed by atoms with Crippen LogP contribution in [0.15, 0.2) is 22.7 Å². The smallest absolute Gasteiger partial charge is 0.224 e. The van der Waals surface area contributed by atoms with Crippen molar-refractivity contribution >= 4 is 23.2 Å². The largest absolute Gasteiger partial charge is 0.492 e. The summed E-state index contributed by atoms with van der Waals surface area (Å²) in [6.45, 7) is 6.15. The molecule has 0 spiro atoms. The van der Waals surface area contributed by atoms with Crippen molar-refractivity contribution in [3.05, 3.63) is 40.2 Å². The fraction of sp³-hybridized carbons (Fsp3) is 0.375. The molecule has 6 heteroatoms. The van der Waals surface area contributed by atoms with Crippen molar-refractivity contribution in [2.45, 2.75) is 33.6 Å². The molecule has 0 fully saturated rings. The van der Waals surface area contributed by atoms with E-state index in [9.17, 15) is 4.79 Å². The molecule has 0 bridgehead atoms. The van der Waals surface area contributed by atoms with Crippen LogP contribution in [-0.4, -0.2) is 17.7 Å². The third-order valence-corrected chi connectivity index (χ3v) is 3.59. The summed E-state index contributed by atoms with van der Waals surface area (Å²) in [5.74, 6) is 1.28. The Morgan fingerprint density at radius 2 is 2.18 bits per heavy atom. The van der Waals surface area contributed by atoms with E-state index in [2.05, 4.69) is 10.5 Å². The van der Waals surface area contributed by atoms with Gasteiger partial charge in [0.25, 0.3) is 0 Å². The van der Waals surface area contributed by atoms with E-state index in [4.69, 9.17) is 20.9 Å². The number of nitrogens with one attached hydrogen (secondary N) is 1. The van der Waals surface area contributed by atoms with Crippen LogP contribution >= 0.6 is 11.6 Å². The monoisotopic (exact) mass is 322 g/mol. The SMILES string of the molecule is CCOc1ccc(NC(=O)CCc2c(C)noc2C)cc1Cl. The topological polar surface area (TPSA) is 64.4 Å². The lowest BCUT2D eigenvalue weighted by atomic mass is 10.1. The molecule has 118 valence electrons. The Hall–Kier alpha value is -2.01. The van der Waals surface area contributed by atoms with E-state index in [1.54, 1.807) is 18.2 Å². The van der Waals surface area contributed by atoms with Gasteiger partial charge >= 0.3 is 0 Å². The fourth-order valence-corrected chi connectivity index (χ4v) is 2.41. The molecule has 0 atom stereocenters. The van der Waals surface area contributed by atoms with E-state index < -0.39 is 0 Å². The predicted molar refractivity (Wildman–Crippen MR) is 85.5 cm³/mol. The molecule has 1 aromatic carbocycles. The van der Waals surface area contributed by atoms with E-state index in [0.29, 0.717) is 35.9 Å². The van der Waals surface area contributed by atoms with Gasteiger partial charge in [0.05, 0.1) is 17.3 Å². The van der Waals surface area contributed by atoms with Crippen molar-refractivity contribution in [1.82, 2.24) is 5.16 Å². The van der Waals surface area contributed by atoms with Crippen LogP contribution in [0, 0.1) is 13.8 Å². The maximum atomic E-state index is 12.0. The van der Waals surface area contributed by atoms with Crippen molar-refractivity contribution in [2.75, 3.05) is 11.9 Å². The highest BCUT2D eigenvalue weighted by Crippen LogP contribution is 2.27. The highest BCUT2D eigenvalue weighted by molar-refractivity contribution is 6.32. The van der Waals surface area contributed by atoms with E-state index >= 15 is 0 Å². The molecule has 1 amide bonds. The van der Waals surface area contributed by atoms with Gasteiger partial charge in [0, 0.05) is 17.7 Å². The number of benzene rings is 1. The summed E-state index contributed by atoms with van der Waals surface area (Å²) in [5, 5.41) is 7.18. The fourth-order valence-electron chi connectivity index (χ4n) is 2.17. The van der Waals surface area contributed by atoms with Crippen LogP contribution in [0.2, 0.25) is 5.02 Å². The number of halogens is 1. The molecule has 0 aliphatic carbocycles. The highest BCUT2D eigenvalue weighted by atomic mass is 35.5. The van der Waals surface area contributed by atoms with Gasteiger partial charge in [-0.15, -0.1) is 0 Å². The molecule has 0 radical (unpaired) electrons. The maximum absolute atomic E-state index is 12.0. The van der Waals surface area contributed by atoms with Gasteiger partial charge in [0.15, 0.2) is 0 Å². The van der Waals surface area contributed by atoms with Crippen LogP contribution < -0.4 is 10.1 Å². The minimum absolute atomic E-state index is 0.0831. The second-order valence-corrected chi connectivity index (χ2v) is 5.34. The Bertz CT molecular complexity index is 648. The number of aromatic nitrogens is 1. The molecular formula is C16H19ClN2O3. The molecule has 22 heavy (non-hydrogen) atoms. The molecule has 1 aromatic heterocycles. The van der Waals surface area contributed by atoms with Crippen molar-refractivity contribution in [3.63, 3.8) is 0 Å². The first-order valence-electron chi connectivity index (χ1n) is 7.15. The first-order valence-corrected chi connectivity index (χ1v) is 7.53. The number of anilines is 1. The lowest BCUT2D eigenvalue weighted by Crippen LogP contribution is -2.12. The van der Waals surface area contributed by atoms with Gasteiger partial charge in [0.2, 0.25) is 5.91 Å². The van der Waals surface area contributed by atoms with Crippen molar-refractivity contribution in [2.24, 2.45) is 0 Å². The van der Waals surface area contributed by atoms with Crippen LogP contribution in [0.4, 0.5) is 5.69 Å². The predicted octanol–water partition coefficient (Wildman–Crippen LogP) is 3.91. The molecule has 0 saturated heterocycles. The summed E-state index contributed by atoms with van der Waals surface area (Å²) in [4.78, 5) is 12.0. The molecule has 0 aliphatic heterocycles. The summed E-state index contributed by atoms with van der Waals surface area (Å²) in [6.07, 6.45) is 0.950. The zero-order valence-corrected chi connectivity index (χ0v) is 13.7. The van der Waals surface area contributed by atoms with Crippen LogP contribution in [0.25, 0.3) is 0 Å². The van der Waals surface area contributed by atoms with Gasteiger partial charge in [-0.3, -0.25) is 4.79 Å². The molecule has 0 unspecified atom stereocenters. The van der Waals surface area contributed by atoms with Gasteiger partial charge in [0.1, 0.15) is 11.5 Å². The molecule has 1 N–H and O–H groups in total. The molecule has 0 saturated carbocycles. The van der Waals surface area contributed by atoms with Gasteiger partial charge in [-0.05, 0) is 45.4 Å². The minimum Gasteiger partial charge on any atom is -0.492 e. The van der Waals surface area contributed by atoms with Crippen LogP contribution in [0.3, 0.4) is 0 Å². The number of aryl methyl sites for hydroxylation is 2. The van der Waals surface area contributed by atoms with Crippen molar-refractivity contribution in [1.29, 1.82) is 0 Å². The van der Waals surface area contributed by atoms with E-state index in [0.717, 1.165) is 17.0 Å².